The van der Waals surface area contributed by atoms with Crippen LogP contribution in [0.5, 0.6) is 0 Å². The van der Waals surface area contributed by atoms with Gasteiger partial charge in [0.05, 0.1) is 0 Å². The number of allylic oxidation sites excluding steroid dienone is 1. The molecular formula is C18H32O5. The van der Waals surface area contributed by atoms with Crippen LogP contribution in [0.4, 0.5) is 0 Å². The molecule has 0 fully saturated rings. The fourth-order valence-corrected chi connectivity index (χ4v) is 2.37. The Balaban J connectivity index is 3.60. The summed E-state index contributed by atoms with van der Waals surface area (Å²) < 4.78 is 0. The summed E-state index contributed by atoms with van der Waals surface area (Å²) in [5.41, 5.74) is 0. The molecular weight excluding hydrogens is 296 g/mol. The first-order valence-corrected chi connectivity index (χ1v) is 8.75. The molecule has 0 bridgehead atoms. The van der Waals surface area contributed by atoms with Gasteiger partial charge >= 0.3 is 5.97 Å². The van der Waals surface area contributed by atoms with Gasteiger partial charge in [0.2, 0.25) is 11.5 Å². The lowest BCUT2D eigenvalue weighted by Crippen LogP contribution is -2.05. The van der Waals surface area contributed by atoms with Crippen LogP contribution in [0.1, 0.15) is 84.0 Å². The zero-order valence-corrected chi connectivity index (χ0v) is 14.3. The monoisotopic (exact) mass is 328 g/mol. The first-order valence-electron chi connectivity index (χ1n) is 8.75. The summed E-state index contributed by atoms with van der Waals surface area (Å²) in [6, 6.07) is 0. The number of unbranched alkanes of at least 4 members (excludes halogenated alkanes) is 11. The van der Waals surface area contributed by atoms with Crippen molar-refractivity contribution in [3.63, 3.8) is 0 Å². The molecule has 0 aromatic heterocycles. The van der Waals surface area contributed by atoms with E-state index in [1.54, 1.807) is 0 Å². The van der Waals surface area contributed by atoms with Crippen LogP contribution in [-0.2, 0) is 4.79 Å². The Kier molecular flexibility index (Phi) is 13.0. The van der Waals surface area contributed by atoms with E-state index in [2.05, 4.69) is 6.92 Å². The van der Waals surface area contributed by atoms with Crippen LogP contribution in [0.2, 0.25) is 0 Å². The Morgan fingerprint density at radius 2 is 1.13 bits per heavy atom. The van der Waals surface area contributed by atoms with Gasteiger partial charge in [0.25, 0.3) is 0 Å². The smallest absolute Gasteiger partial charge is 0.375 e. The highest BCUT2D eigenvalue weighted by molar-refractivity contribution is 5.84. The van der Waals surface area contributed by atoms with E-state index < -0.39 is 23.2 Å². The molecule has 0 aromatic rings. The second kappa shape index (κ2) is 14.0. The number of carboxylic acids is 1. The molecule has 0 aliphatic heterocycles. The van der Waals surface area contributed by atoms with Gasteiger partial charge in [-0.3, -0.25) is 0 Å². The molecule has 4 N–H and O–H groups in total. The Labute approximate surface area is 139 Å². The first kappa shape index (κ1) is 21.4. The maximum atomic E-state index is 10.4. The second-order valence-corrected chi connectivity index (χ2v) is 5.92. The molecule has 23 heavy (non-hydrogen) atoms. The van der Waals surface area contributed by atoms with E-state index in [0.717, 1.165) is 19.3 Å². The Morgan fingerprint density at radius 3 is 1.57 bits per heavy atom. The van der Waals surface area contributed by atoms with Crippen LogP contribution in [-0.4, -0.2) is 26.4 Å². The molecule has 0 saturated carbocycles. The predicted octanol–water partition coefficient (Wildman–Crippen LogP) is 5.54. The maximum absolute atomic E-state index is 10.4. The van der Waals surface area contributed by atoms with Crippen molar-refractivity contribution < 1.29 is 25.2 Å². The molecule has 0 heterocycles. The molecule has 5 heteroatoms. The van der Waals surface area contributed by atoms with Gasteiger partial charge in [-0.25, -0.2) is 4.79 Å². The summed E-state index contributed by atoms with van der Waals surface area (Å²) in [4.78, 5) is 10.4. The summed E-state index contributed by atoms with van der Waals surface area (Å²) in [6.07, 6.45) is 15.4. The summed E-state index contributed by atoms with van der Waals surface area (Å²) in [5.74, 6) is -4.48. The average molecular weight is 328 g/mol. The molecule has 0 amide bonds. The zero-order valence-electron chi connectivity index (χ0n) is 14.3. The van der Waals surface area contributed by atoms with Gasteiger partial charge in [0.1, 0.15) is 0 Å². The van der Waals surface area contributed by atoms with Crippen molar-refractivity contribution in [3.8, 4) is 0 Å². The third-order valence-corrected chi connectivity index (χ3v) is 3.81. The third-order valence-electron chi connectivity index (χ3n) is 3.81. The fourth-order valence-electron chi connectivity index (χ4n) is 2.37. The topological polar surface area (TPSA) is 98.0 Å². The molecule has 0 radical (unpaired) electrons. The van der Waals surface area contributed by atoms with Crippen molar-refractivity contribution in [2.75, 3.05) is 0 Å². The van der Waals surface area contributed by atoms with E-state index in [1.165, 1.54) is 57.4 Å². The lowest BCUT2D eigenvalue weighted by atomic mass is 10.1. The van der Waals surface area contributed by atoms with Crippen molar-refractivity contribution in [3.05, 3.63) is 23.4 Å². The molecule has 0 atom stereocenters. The van der Waals surface area contributed by atoms with Crippen LogP contribution < -0.4 is 0 Å². The standard InChI is InChI=1S/C18H32O5/c1-2-3-4-5-6-7-8-9-10-11-12-13-14-15(19)16(20)17(21)18(22)23/h14,19-21H,2-13H2,1H3,(H,22,23)/b15-14-,17-16+. The number of carboxylic acid groups (broad SMARTS) is 1. The minimum atomic E-state index is -1.67. The van der Waals surface area contributed by atoms with Crippen molar-refractivity contribution in [2.45, 2.75) is 84.0 Å². The molecule has 0 spiro atoms. The van der Waals surface area contributed by atoms with Crippen LogP contribution in [0.15, 0.2) is 23.4 Å². The summed E-state index contributed by atoms with van der Waals surface area (Å²) in [5, 5.41) is 36.1. The summed E-state index contributed by atoms with van der Waals surface area (Å²) >= 11 is 0. The van der Waals surface area contributed by atoms with Crippen LogP contribution in [0, 0.1) is 0 Å². The third kappa shape index (κ3) is 11.6. The summed E-state index contributed by atoms with van der Waals surface area (Å²) in [6.45, 7) is 2.22. The molecule has 0 unspecified atom stereocenters. The number of hydrogen-bond donors (Lipinski definition) is 4. The van der Waals surface area contributed by atoms with Gasteiger partial charge in [-0.15, -0.1) is 0 Å². The fraction of sp³-hybridized carbons (Fsp3) is 0.722. The normalized spacial score (nSPS) is 13.0. The SMILES string of the molecule is CCCCCCCCCCCCC/C=C(O)/C(O)=C(\O)C(=O)O. The van der Waals surface area contributed by atoms with Gasteiger partial charge in [0, 0.05) is 0 Å². The van der Waals surface area contributed by atoms with E-state index in [-0.39, 0.29) is 0 Å². The zero-order chi connectivity index (χ0) is 17.5. The molecule has 0 aliphatic rings. The lowest BCUT2D eigenvalue weighted by molar-refractivity contribution is -0.135. The number of rotatable bonds is 14. The van der Waals surface area contributed by atoms with Crippen LogP contribution >= 0.6 is 0 Å². The number of hydrogen-bond acceptors (Lipinski definition) is 4. The van der Waals surface area contributed by atoms with Gasteiger partial charge in [-0.05, 0) is 18.9 Å². The summed E-state index contributed by atoms with van der Waals surface area (Å²) in [7, 11) is 0. The largest absolute Gasteiger partial charge is 0.504 e. The average Bonchev–Trinajstić information content (AvgIpc) is 2.54. The number of aliphatic carboxylic acids is 1. The van der Waals surface area contributed by atoms with E-state index in [9.17, 15) is 15.0 Å². The van der Waals surface area contributed by atoms with Crippen molar-refractivity contribution in [2.24, 2.45) is 0 Å². The van der Waals surface area contributed by atoms with Gasteiger partial charge in [-0.1, -0.05) is 71.1 Å². The number of aliphatic hydroxyl groups is 3. The van der Waals surface area contributed by atoms with E-state index in [1.807, 2.05) is 0 Å². The molecule has 134 valence electrons. The molecule has 0 aromatic carbocycles. The highest BCUT2D eigenvalue weighted by Crippen LogP contribution is 2.13. The Morgan fingerprint density at radius 1 is 0.696 bits per heavy atom. The second-order valence-electron chi connectivity index (χ2n) is 5.92. The number of aliphatic hydroxyl groups excluding tert-OH is 3. The maximum Gasteiger partial charge on any atom is 0.375 e. The van der Waals surface area contributed by atoms with Crippen molar-refractivity contribution in [1.29, 1.82) is 0 Å². The Hall–Kier alpha value is -1.65. The number of carbonyl (C=O) groups is 1. The molecule has 0 saturated heterocycles. The van der Waals surface area contributed by atoms with Crippen LogP contribution in [0.25, 0.3) is 0 Å². The highest BCUT2D eigenvalue weighted by Gasteiger charge is 2.14. The van der Waals surface area contributed by atoms with Crippen molar-refractivity contribution >= 4 is 5.97 Å². The van der Waals surface area contributed by atoms with E-state index in [0.29, 0.717) is 6.42 Å². The minimum absolute atomic E-state index is 0.541. The minimum Gasteiger partial charge on any atom is -0.504 e. The Bertz CT molecular complexity index is 385. The van der Waals surface area contributed by atoms with Gasteiger partial charge < -0.3 is 20.4 Å². The van der Waals surface area contributed by atoms with E-state index in [4.69, 9.17) is 10.2 Å². The van der Waals surface area contributed by atoms with E-state index >= 15 is 0 Å². The van der Waals surface area contributed by atoms with Crippen molar-refractivity contribution in [1.82, 2.24) is 0 Å². The van der Waals surface area contributed by atoms with Crippen LogP contribution in [0.3, 0.4) is 0 Å². The quantitative estimate of drug-likeness (QED) is 0.145. The highest BCUT2D eigenvalue weighted by atomic mass is 16.4. The molecule has 0 aliphatic carbocycles. The first-order chi connectivity index (χ1) is 11.0. The van der Waals surface area contributed by atoms with Gasteiger partial charge in [0.15, 0.2) is 5.76 Å². The molecule has 0 rings (SSSR count). The molecule has 5 nitrogen and oxygen atoms in total. The lowest BCUT2D eigenvalue weighted by Gasteiger charge is -2.02. The van der Waals surface area contributed by atoms with Gasteiger partial charge in [-0.2, -0.15) is 0 Å². The predicted molar refractivity (Wildman–Crippen MR) is 91.7 cm³/mol.